The van der Waals surface area contributed by atoms with Crippen molar-refractivity contribution in [1.82, 2.24) is 10.3 Å². The topological polar surface area (TPSA) is 76.1 Å². The van der Waals surface area contributed by atoms with Gasteiger partial charge >= 0.3 is 0 Å². The van der Waals surface area contributed by atoms with Crippen molar-refractivity contribution in [3.8, 4) is 11.1 Å². The maximum absolute atomic E-state index is 12.7. The number of pyridine rings is 1. The van der Waals surface area contributed by atoms with Gasteiger partial charge in [0, 0.05) is 30.3 Å². The smallest absolute Gasteiger partial charge is 0.251 e. The molecule has 6 heteroatoms. The molecule has 0 aliphatic rings. The van der Waals surface area contributed by atoms with Gasteiger partial charge in [-0.1, -0.05) is 24.3 Å². The quantitative estimate of drug-likeness (QED) is 0.692. The highest BCUT2D eigenvalue weighted by Crippen LogP contribution is 2.26. The third kappa shape index (κ3) is 5.09. The first-order valence-electron chi connectivity index (χ1n) is 9.26. The highest BCUT2D eigenvalue weighted by atomic mass is 32.2. The molecule has 0 fully saturated rings. The first-order valence-corrected chi connectivity index (χ1v) is 11.1. The summed E-state index contributed by atoms with van der Waals surface area (Å²) in [5.74, 6) is -0.332. The molecule has 0 aliphatic carbocycles. The van der Waals surface area contributed by atoms with Crippen molar-refractivity contribution >= 4 is 15.7 Å². The van der Waals surface area contributed by atoms with Crippen molar-refractivity contribution in [2.75, 3.05) is 6.26 Å². The third-order valence-corrected chi connectivity index (χ3v) is 5.95. The molecule has 0 saturated carbocycles. The van der Waals surface area contributed by atoms with Crippen LogP contribution in [0.3, 0.4) is 0 Å². The zero-order valence-corrected chi connectivity index (χ0v) is 17.8. The Morgan fingerprint density at radius 1 is 0.931 bits per heavy atom. The van der Waals surface area contributed by atoms with Gasteiger partial charge in [-0.2, -0.15) is 0 Å². The molecule has 0 spiro atoms. The molecule has 5 nitrogen and oxygen atoms in total. The monoisotopic (exact) mass is 408 g/mol. The first-order chi connectivity index (χ1) is 13.6. The van der Waals surface area contributed by atoms with Crippen LogP contribution in [0.25, 0.3) is 11.1 Å². The molecule has 150 valence electrons. The van der Waals surface area contributed by atoms with E-state index in [0.29, 0.717) is 17.7 Å². The lowest BCUT2D eigenvalue weighted by Crippen LogP contribution is -2.23. The number of benzene rings is 2. The minimum atomic E-state index is -3.47. The zero-order valence-electron chi connectivity index (χ0n) is 17.0. The van der Waals surface area contributed by atoms with Crippen molar-refractivity contribution in [2.45, 2.75) is 32.2 Å². The van der Waals surface area contributed by atoms with E-state index in [1.54, 1.807) is 18.3 Å². The van der Waals surface area contributed by atoms with Gasteiger partial charge in [0.05, 0.1) is 4.90 Å². The van der Waals surface area contributed by atoms with E-state index in [1.165, 1.54) is 6.07 Å². The minimum Gasteiger partial charge on any atom is -0.348 e. The molecule has 29 heavy (non-hydrogen) atoms. The van der Waals surface area contributed by atoms with Gasteiger partial charge in [-0.05, 0) is 72.9 Å². The molecule has 0 aliphatic heterocycles. The third-order valence-electron chi connectivity index (χ3n) is 4.86. The van der Waals surface area contributed by atoms with Gasteiger partial charge in [0.15, 0.2) is 9.84 Å². The molecule has 0 unspecified atom stereocenters. The molecule has 3 rings (SSSR count). The highest BCUT2D eigenvalue weighted by molar-refractivity contribution is 7.90. The number of hydrogen-bond donors (Lipinski definition) is 1. The number of aromatic nitrogens is 1. The molecule has 3 aromatic rings. The van der Waals surface area contributed by atoms with E-state index in [-0.39, 0.29) is 10.8 Å². The lowest BCUT2D eigenvalue weighted by Gasteiger charge is -2.11. The molecule has 0 atom stereocenters. The molecule has 1 amide bonds. The molecular weight excluding hydrogens is 384 g/mol. The lowest BCUT2D eigenvalue weighted by molar-refractivity contribution is 0.0950. The fourth-order valence-corrected chi connectivity index (χ4v) is 3.60. The number of amides is 1. The van der Waals surface area contributed by atoms with Crippen molar-refractivity contribution in [3.63, 3.8) is 0 Å². The number of carbonyl (C=O) groups is 1. The minimum absolute atomic E-state index is 0.121. The summed E-state index contributed by atoms with van der Waals surface area (Å²) in [5.41, 5.74) is 5.90. The van der Waals surface area contributed by atoms with Gasteiger partial charge in [-0.3, -0.25) is 9.78 Å². The van der Waals surface area contributed by atoms with Crippen LogP contribution in [0.4, 0.5) is 0 Å². The van der Waals surface area contributed by atoms with Crippen molar-refractivity contribution in [3.05, 3.63) is 82.7 Å². The Labute approximate surface area is 171 Å². The predicted molar refractivity (Wildman–Crippen MR) is 115 cm³/mol. The molecule has 0 saturated heterocycles. The second kappa shape index (κ2) is 8.17. The Balaban J connectivity index is 1.95. The van der Waals surface area contributed by atoms with Crippen LogP contribution in [0, 0.1) is 20.8 Å². The summed E-state index contributed by atoms with van der Waals surface area (Å²) in [7, 11) is -3.47. The normalized spacial score (nSPS) is 11.3. The summed E-state index contributed by atoms with van der Waals surface area (Å²) >= 11 is 0. The highest BCUT2D eigenvalue weighted by Gasteiger charge is 2.15. The SMILES string of the molecule is Cc1ccc(CNC(=O)c2cc(-c3ccc(C)c(C)c3)cc(S(C)(=O)=O)c2)cn1. The van der Waals surface area contributed by atoms with Gasteiger partial charge < -0.3 is 5.32 Å². The summed E-state index contributed by atoms with van der Waals surface area (Å²) in [6.07, 6.45) is 2.86. The van der Waals surface area contributed by atoms with Crippen LogP contribution < -0.4 is 5.32 Å². The molecule has 1 aromatic heterocycles. The van der Waals surface area contributed by atoms with E-state index in [2.05, 4.69) is 10.3 Å². The Bertz CT molecular complexity index is 1170. The van der Waals surface area contributed by atoms with E-state index >= 15 is 0 Å². The summed E-state index contributed by atoms with van der Waals surface area (Å²) in [5, 5.41) is 2.84. The van der Waals surface area contributed by atoms with Crippen LogP contribution in [-0.2, 0) is 16.4 Å². The maximum Gasteiger partial charge on any atom is 0.251 e. The van der Waals surface area contributed by atoms with Gasteiger partial charge in [0.25, 0.3) is 5.91 Å². The van der Waals surface area contributed by atoms with Crippen LogP contribution in [0.2, 0.25) is 0 Å². The molecule has 2 aromatic carbocycles. The number of rotatable bonds is 5. The zero-order chi connectivity index (χ0) is 21.2. The van der Waals surface area contributed by atoms with E-state index in [4.69, 9.17) is 0 Å². The fourth-order valence-electron chi connectivity index (χ4n) is 2.92. The number of aryl methyl sites for hydroxylation is 3. The van der Waals surface area contributed by atoms with Crippen molar-refractivity contribution < 1.29 is 13.2 Å². The summed E-state index contributed by atoms with van der Waals surface area (Å²) in [4.78, 5) is 17.1. The van der Waals surface area contributed by atoms with Crippen LogP contribution in [0.5, 0.6) is 0 Å². The van der Waals surface area contributed by atoms with Gasteiger partial charge in [0.2, 0.25) is 0 Å². The predicted octanol–water partition coefficient (Wildman–Crippen LogP) is 4.01. The van der Waals surface area contributed by atoms with Crippen LogP contribution in [0.15, 0.2) is 59.6 Å². The van der Waals surface area contributed by atoms with Crippen LogP contribution >= 0.6 is 0 Å². The second-order valence-corrected chi connectivity index (χ2v) is 9.32. The van der Waals surface area contributed by atoms with E-state index < -0.39 is 9.84 Å². The standard InChI is InChI=1S/C23H24N2O3S/c1-15-5-8-19(9-16(15)2)20-10-21(12-22(11-20)29(4,27)28)23(26)25-14-18-7-6-17(3)24-13-18/h5-13H,14H2,1-4H3,(H,25,26). The number of carbonyl (C=O) groups excluding carboxylic acids is 1. The van der Waals surface area contributed by atoms with Gasteiger partial charge in [-0.25, -0.2) is 8.42 Å². The Morgan fingerprint density at radius 3 is 2.31 bits per heavy atom. The van der Waals surface area contributed by atoms with Gasteiger partial charge in [0.1, 0.15) is 0 Å². The molecule has 0 bridgehead atoms. The van der Waals surface area contributed by atoms with Crippen molar-refractivity contribution in [2.24, 2.45) is 0 Å². The Kier molecular flexibility index (Phi) is 5.84. The fraction of sp³-hybridized carbons (Fsp3) is 0.217. The molecular formula is C23H24N2O3S. The van der Waals surface area contributed by atoms with E-state index in [9.17, 15) is 13.2 Å². The summed E-state index contributed by atoms with van der Waals surface area (Å²) in [6, 6.07) is 14.4. The molecule has 0 radical (unpaired) electrons. The number of nitrogens with zero attached hydrogens (tertiary/aromatic N) is 1. The van der Waals surface area contributed by atoms with Crippen LogP contribution in [0.1, 0.15) is 32.7 Å². The lowest BCUT2D eigenvalue weighted by atomic mass is 9.99. The summed E-state index contributed by atoms with van der Waals surface area (Å²) in [6.45, 7) is 6.23. The first kappa shape index (κ1) is 20.7. The number of nitrogens with one attached hydrogen (secondary N) is 1. The molecule has 1 N–H and O–H groups in total. The number of sulfone groups is 1. The average Bonchev–Trinajstić information content (AvgIpc) is 2.68. The number of hydrogen-bond acceptors (Lipinski definition) is 4. The van der Waals surface area contributed by atoms with Gasteiger partial charge in [-0.15, -0.1) is 0 Å². The van der Waals surface area contributed by atoms with E-state index in [1.807, 2.05) is 51.1 Å². The Morgan fingerprint density at radius 2 is 1.69 bits per heavy atom. The average molecular weight is 409 g/mol. The molecule has 1 heterocycles. The summed E-state index contributed by atoms with van der Waals surface area (Å²) < 4.78 is 24.4. The largest absolute Gasteiger partial charge is 0.348 e. The van der Waals surface area contributed by atoms with Crippen molar-refractivity contribution in [1.29, 1.82) is 0 Å². The van der Waals surface area contributed by atoms with E-state index in [0.717, 1.165) is 34.2 Å². The maximum atomic E-state index is 12.7. The Hall–Kier alpha value is -2.99. The second-order valence-electron chi connectivity index (χ2n) is 7.31. The van der Waals surface area contributed by atoms with Crippen LogP contribution in [-0.4, -0.2) is 25.6 Å².